The van der Waals surface area contributed by atoms with Gasteiger partial charge in [0.2, 0.25) is 0 Å². The molecule has 3 aliphatic rings. The first-order valence-corrected chi connectivity index (χ1v) is 11.1. The van der Waals surface area contributed by atoms with E-state index < -0.39 is 6.09 Å². The molecule has 1 aliphatic carbocycles. The lowest BCUT2D eigenvalue weighted by atomic mass is 9.92. The molecule has 1 aromatic carbocycles. The molecule has 1 saturated heterocycles. The average molecular weight is 416 g/mol. The molecule has 29 heavy (non-hydrogen) atoms. The molecule has 0 spiro atoms. The van der Waals surface area contributed by atoms with Crippen LogP contribution in [0, 0.1) is 0 Å². The summed E-state index contributed by atoms with van der Waals surface area (Å²) in [5.41, 5.74) is 3.49. The van der Waals surface area contributed by atoms with Crippen molar-refractivity contribution in [2.45, 2.75) is 57.3 Å². The number of ether oxygens (including phenoxy) is 1. The molecule has 2 aliphatic heterocycles. The first-order valence-electron chi connectivity index (χ1n) is 10.2. The number of aromatic nitrogens is 1. The maximum Gasteiger partial charge on any atom is 0.412 e. The number of thiazole rings is 1. The van der Waals surface area contributed by atoms with Gasteiger partial charge in [0.05, 0.1) is 23.6 Å². The number of benzene rings is 1. The second-order valence-electron chi connectivity index (χ2n) is 8.23. The van der Waals surface area contributed by atoms with Crippen LogP contribution in [-0.2, 0) is 6.42 Å². The summed E-state index contributed by atoms with van der Waals surface area (Å²) in [5.74, 6) is 0.797. The fourth-order valence-corrected chi connectivity index (χ4v) is 5.08. The zero-order valence-corrected chi connectivity index (χ0v) is 17.2. The Bertz CT molecular complexity index is 936. The molecule has 1 saturated carbocycles. The molecule has 1 amide bonds. The largest absolute Gasteiger partial charge is 0.489 e. The van der Waals surface area contributed by atoms with Crippen molar-refractivity contribution >= 4 is 28.2 Å². The van der Waals surface area contributed by atoms with E-state index in [-0.39, 0.29) is 18.2 Å². The predicted octanol–water partition coefficient (Wildman–Crippen LogP) is 3.74. The van der Waals surface area contributed by atoms with Crippen molar-refractivity contribution in [2.24, 2.45) is 0 Å². The molecule has 3 heterocycles. The van der Waals surface area contributed by atoms with Crippen molar-refractivity contribution in [1.82, 2.24) is 4.98 Å². The number of rotatable bonds is 4. The number of carbonyl (C=O) groups is 1. The second kappa shape index (κ2) is 7.18. The maximum atomic E-state index is 11.9. The standard InChI is InChI=1S/C21H25N3O4S/c1-12-5-6-16-18(24(12)21(26)27)8-7-15(19(16)28-14-3-2-4-14)17-11-29-20(22-17)23-9-13(25)10-23/h7-8,11-14,25H,2-6,9-10H2,1H3,(H,26,27)/t12-/m0/s1. The topological polar surface area (TPSA) is 86.1 Å². The van der Waals surface area contributed by atoms with Crippen LogP contribution >= 0.6 is 11.3 Å². The van der Waals surface area contributed by atoms with Gasteiger partial charge in [0.25, 0.3) is 0 Å². The number of amides is 1. The Balaban J connectivity index is 1.55. The van der Waals surface area contributed by atoms with E-state index in [9.17, 15) is 15.0 Å². The van der Waals surface area contributed by atoms with E-state index in [0.29, 0.717) is 13.1 Å². The van der Waals surface area contributed by atoms with Crippen LogP contribution in [0.1, 0.15) is 38.2 Å². The van der Waals surface area contributed by atoms with E-state index in [1.807, 2.05) is 24.4 Å². The van der Waals surface area contributed by atoms with Gasteiger partial charge in [0, 0.05) is 35.6 Å². The van der Waals surface area contributed by atoms with E-state index in [2.05, 4.69) is 4.90 Å². The summed E-state index contributed by atoms with van der Waals surface area (Å²) < 4.78 is 6.42. The summed E-state index contributed by atoms with van der Waals surface area (Å²) in [6.45, 7) is 3.19. The quantitative estimate of drug-likeness (QED) is 0.791. The molecule has 2 fully saturated rings. The first-order chi connectivity index (χ1) is 14.0. The monoisotopic (exact) mass is 415 g/mol. The highest BCUT2D eigenvalue weighted by atomic mass is 32.1. The maximum absolute atomic E-state index is 11.9. The van der Waals surface area contributed by atoms with Crippen LogP contribution < -0.4 is 14.5 Å². The highest BCUT2D eigenvalue weighted by Gasteiger charge is 2.33. The Hall–Kier alpha value is -2.32. The van der Waals surface area contributed by atoms with E-state index in [4.69, 9.17) is 9.72 Å². The molecule has 5 rings (SSSR count). The summed E-state index contributed by atoms with van der Waals surface area (Å²) in [6, 6.07) is 3.80. The van der Waals surface area contributed by atoms with Gasteiger partial charge in [-0.2, -0.15) is 0 Å². The Morgan fingerprint density at radius 3 is 2.72 bits per heavy atom. The van der Waals surface area contributed by atoms with Crippen molar-refractivity contribution in [1.29, 1.82) is 0 Å². The van der Waals surface area contributed by atoms with Crippen LogP contribution in [0.25, 0.3) is 11.3 Å². The van der Waals surface area contributed by atoms with Crippen molar-refractivity contribution in [3.63, 3.8) is 0 Å². The number of anilines is 2. The lowest BCUT2D eigenvalue weighted by Gasteiger charge is -2.36. The number of aliphatic hydroxyl groups is 1. The summed E-state index contributed by atoms with van der Waals surface area (Å²) >= 11 is 1.56. The number of aliphatic hydroxyl groups excluding tert-OH is 1. The van der Waals surface area contributed by atoms with E-state index >= 15 is 0 Å². The summed E-state index contributed by atoms with van der Waals surface area (Å²) in [4.78, 5) is 20.2. The molecular formula is C21H25N3O4S. The van der Waals surface area contributed by atoms with Crippen LogP contribution in [0.2, 0.25) is 0 Å². The normalized spacial score (nSPS) is 22.1. The van der Waals surface area contributed by atoms with Crippen molar-refractivity contribution < 1.29 is 19.7 Å². The summed E-state index contributed by atoms with van der Waals surface area (Å²) in [5, 5.41) is 22.2. The minimum Gasteiger partial charge on any atom is -0.489 e. The predicted molar refractivity (Wildman–Crippen MR) is 112 cm³/mol. The third-order valence-electron chi connectivity index (χ3n) is 6.19. The van der Waals surface area contributed by atoms with Gasteiger partial charge < -0.3 is 19.8 Å². The van der Waals surface area contributed by atoms with E-state index in [1.54, 1.807) is 11.3 Å². The van der Waals surface area contributed by atoms with E-state index in [0.717, 1.165) is 59.1 Å². The second-order valence-corrected chi connectivity index (χ2v) is 9.06. The third kappa shape index (κ3) is 3.24. The molecule has 1 aromatic heterocycles. The van der Waals surface area contributed by atoms with Gasteiger partial charge in [-0.1, -0.05) is 0 Å². The summed E-state index contributed by atoms with van der Waals surface area (Å²) in [7, 11) is 0. The Kier molecular flexibility index (Phi) is 4.63. The van der Waals surface area contributed by atoms with Gasteiger partial charge in [-0.3, -0.25) is 4.90 Å². The van der Waals surface area contributed by atoms with Gasteiger partial charge in [-0.15, -0.1) is 11.3 Å². The Labute approximate surface area is 173 Å². The molecular weight excluding hydrogens is 390 g/mol. The molecule has 0 radical (unpaired) electrons. The van der Waals surface area contributed by atoms with Crippen molar-refractivity contribution in [3.05, 3.63) is 23.1 Å². The molecule has 1 atom stereocenters. The number of β-amino-alcohol motifs (C(OH)–C–C–N with tert-alkyl or cyclic N) is 1. The first kappa shape index (κ1) is 18.7. The molecule has 0 unspecified atom stereocenters. The third-order valence-corrected chi connectivity index (χ3v) is 7.09. The summed E-state index contributed by atoms with van der Waals surface area (Å²) in [6.07, 6.45) is 3.82. The number of nitrogens with zero attached hydrogens (tertiary/aromatic N) is 3. The van der Waals surface area contributed by atoms with Crippen LogP contribution in [0.3, 0.4) is 0 Å². The van der Waals surface area contributed by atoms with Crippen molar-refractivity contribution in [2.75, 3.05) is 22.9 Å². The Morgan fingerprint density at radius 1 is 1.28 bits per heavy atom. The molecule has 2 aromatic rings. The molecule has 0 bridgehead atoms. The van der Waals surface area contributed by atoms with Gasteiger partial charge in [-0.05, 0) is 51.2 Å². The van der Waals surface area contributed by atoms with Gasteiger partial charge >= 0.3 is 6.09 Å². The zero-order valence-electron chi connectivity index (χ0n) is 16.4. The molecule has 8 heteroatoms. The van der Waals surface area contributed by atoms with Gasteiger partial charge in [0.15, 0.2) is 5.13 Å². The highest BCUT2D eigenvalue weighted by Crippen LogP contribution is 2.45. The zero-order chi connectivity index (χ0) is 20.1. The minimum atomic E-state index is -0.923. The fraction of sp³-hybridized carbons (Fsp3) is 0.524. The van der Waals surface area contributed by atoms with Crippen LogP contribution in [0.4, 0.5) is 15.6 Å². The fourth-order valence-electron chi connectivity index (χ4n) is 4.23. The minimum absolute atomic E-state index is 0.0499. The highest BCUT2D eigenvalue weighted by molar-refractivity contribution is 7.14. The number of hydrogen-bond donors (Lipinski definition) is 2. The SMILES string of the molecule is C[C@H]1CCc2c(ccc(-c3csc(N4CC(O)C4)n3)c2OC2CCC2)N1C(=O)O. The van der Waals surface area contributed by atoms with Crippen LogP contribution in [-0.4, -0.2) is 52.6 Å². The van der Waals surface area contributed by atoms with E-state index in [1.165, 1.54) is 11.3 Å². The molecule has 7 nitrogen and oxygen atoms in total. The van der Waals surface area contributed by atoms with Crippen LogP contribution in [0.15, 0.2) is 17.5 Å². The molecule has 2 N–H and O–H groups in total. The molecule has 154 valence electrons. The van der Waals surface area contributed by atoms with Crippen LogP contribution in [0.5, 0.6) is 5.75 Å². The van der Waals surface area contributed by atoms with Gasteiger partial charge in [0.1, 0.15) is 5.75 Å². The smallest absolute Gasteiger partial charge is 0.412 e. The van der Waals surface area contributed by atoms with Gasteiger partial charge in [-0.25, -0.2) is 9.78 Å². The number of hydrogen-bond acceptors (Lipinski definition) is 6. The lowest BCUT2D eigenvalue weighted by Crippen LogP contribution is -2.50. The van der Waals surface area contributed by atoms with Crippen molar-refractivity contribution in [3.8, 4) is 17.0 Å². The average Bonchev–Trinajstić information content (AvgIpc) is 3.10. The number of carboxylic acid groups (broad SMARTS) is 1. The lowest BCUT2D eigenvalue weighted by molar-refractivity contribution is 0.119. The Morgan fingerprint density at radius 2 is 2.07 bits per heavy atom. The number of fused-ring (bicyclic) bond motifs is 1.